The number of para-hydroxylation sites is 2. The molecule has 0 amide bonds. The molecule has 118 valence electrons. The normalized spacial score (nSPS) is 18.2. The van der Waals surface area contributed by atoms with Gasteiger partial charge in [-0.2, -0.15) is 0 Å². The van der Waals surface area contributed by atoms with E-state index in [0.717, 1.165) is 37.6 Å². The number of aliphatic hydroxyl groups excluding tert-OH is 1. The van der Waals surface area contributed by atoms with Crippen molar-refractivity contribution in [1.82, 2.24) is 0 Å². The molecule has 21 heavy (non-hydrogen) atoms. The third-order valence-electron chi connectivity index (χ3n) is 4.13. The van der Waals surface area contributed by atoms with Gasteiger partial charge in [0.15, 0.2) is 0 Å². The Balaban J connectivity index is 2.09. The zero-order valence-corrected chi connectivity index (χ0v) is 13.2. The van der Waals surface area contributed by atoms with Crippen LogP contribution in [0.1, 0.15) is 32.1 Å². The van der Waals surface area contributed by atoms with Gasteiger partial charge in [-0.1, -0.05) is 31.4 Å². The van der Waals surface area contributed by atoms with E-state index in [1.807, 2.05) is 12.1 Å². The fourth-order valence-electron chi connectivity index (χ4n) is 2.90. The van der Waals surface area contributed by atoms with Gasteiger partial charge in [0.25, 0.3) is 0 Å². The van der Waals surface area contributed by atoms with Gasteiger partial charge < -0.3 is 10.4 Å². The van der Waals surface area contributed by atoms with Crippen LogP contribution in [0, 0.1) is 5.41 Å². The van der Waals surface area contributed by atoms with Crippen LogP contribution in [0.2, 0.25) is 0 Å². The lowest BCUT2D eigenvalue weighted by Gasteiger charge is -2.36. The molecule has 0 unspecified atom stereocenters. The first-order chi connectivity index (χ1) is 9.94. The molecule has 0 atom stereocenters. The fourth-order valence-corrected chi connectivity index (χ4v) is 3.48. The molecule has 1 fully saturated rings. The summed E-state index contributed by atoms with van der Waals surface area (Å²) >= 11 is 0. The Morgan fingerprint density at radius 1 is 1.14 bits per heavy atom. The zero-order chi connectivity index (χ0) is 15.3. The summed E-state index contributed by atoms with van der Waals surface area (Å²) in [6.07, 6.45) is 6.68. The Bertz CT molecular complexity index is 566. The Kier molecular flexibility index (Phi) is 5.11. The molecular formula is C15H24N2O3S. The van der Waals surface area contributed by atoms with E-state index in [1.165, 1.54) is 6.42 Å². The molecule has 5 nitrogen and oxygen atoms in total. The van der Waals surface area contributed by atoms with Crippen LogP contribution in [0.4, 0.5) is 11.4 Å². The van der Waals surface area contributed by atoms with Crippen LogP contribution in [0.25, 0.3) is 0 Å². The first-order valence-electron chi connectivity index (χ1n) is 7.36. The van der Waals surface area contributed by atoms with Crippen molar-refractivity contribution in [3.05, 3.63) is 24.3 Å². The number of hydrogen-bond donors (Lipinski definition) is 3. The number of aliphatic hydroxyl groups is 1. The number of sulfonamides is 1. The first-order valence-corrected chi connectivity index (χ1v) is 9.25. The van der Waals surface area contributed by atoms with Crippen molar-refractivity contribution in [2.45, 2.75) is 32.1 Å². The lowest BCUT2D eigenvalue weighted by molar-refractivity contribution is 0.0944. The molecule has 3 N–H and O–H groups in total. The SMILES string of the molecule is CS(=O)(=O)Nc1ccccc1NCC1(CO)CCCCC1. The molecule has 0 bridgehead atoms. The molecule has 0 aliphatic heterocycles. The average Bonchev–Trinajstić information content (AvgIpc) is 2.46. The standard InChI is InChI=1S/C15H24N2O3S/c1-21(19,20)17-14-8-4-3-7-13(14)16-11-15(12-18)9-5-2-6-10-15/h3-4,7-8,16-18H,2,5-6,9-12H2,1H3. The Hall–Kier alpha value is -1.27. The Morgan fingerprint density at radius 2 is 1.76 bits per heavy atom. The number of anilines is 2. The highest BCUT2D eigenvalue weighted by Gasteiger charge is 2.31. The van der Waals surface area contributed by atoms with Gasteiger partial charge in [0, 0.05) is 12.0 Å². The monoisotopic (exact) mass is 312 g/mol. The fraction of sp³-hybridized carbons (Fsp3) is 0.600. The van der Waals surface area contributed by atoms with E-state index in [-0.39, 0.29) is 12.0 Å². The highest BCUT2D eigenvalue weighted by atomic mass is 32.2. The summed E-state index contributed by atoms with van der Waals surface area (Å²) in [5.74, 6) is 0. The second kappa shape index (κ2) is 6.66. The van der Waals surface area contributed by atoms with Gasteiger partial charge in [0.2, 0.25) is 10.0 Å². The van der Waals surface area contributed by atoms with Crippen molar-refractivity contribution < 1.29 is 13.5 Å². The van der Waals surface area contributed by atoms with Crippen molar-refractivity contribution in [3.8, 4) is 0 Å². The highest BCUT2D eigenvalue weighted by molar-refractivity contribution is 7.92. The Labute approximate surface area is 126 Å². The molecule has 0 aromatic heterocycles. The van der Waals surface area contributed by atoms with E-state index in [0.29, 0.717) is 12.2 Å². The van der Waals surface area contributed by atoms with Gasteiger partial charge in [-0.05, 0) is 25.0 Å². The van der Waals surface area contributed by atoms with E-state index in [4.69, 9.17) is 0 Å². The molecule has 0 radical (unpaired) electrons. The molecule has 0 spiro atoms. The number of hydrogen-bond acceptors (Lipinski definition) is 4. The second-order valence-corrected chi connectivity index (χ2v) is 7.74. The van der Waals surface area contributed by atoms with E-state index >= 15 is 0 Å². The lowest BCUT2D eigenvalue weighted by atomic mass is 9.74. The van der Waals surface area contributed by atoms with Gasteiger partial charge in [-0.3, -0.25) is 4.72 Å². The van der Waals surface area contributed by atoms with Gasteiger partial charge in [-0.25, -0.2) is 8.42 Å². The molecular weight excluding hydrogens is 288 g/mol. The van der Waals surface area contributed by atoms with Crippen molar-refractivity contribution in [1.29, 1.82) is 0 Å². The number of nitrogens with one attached hydrogen (secondary N) is 2. The van der Waals surface area contributed by atoms with E-state index in [9.17, 15) is 13.5 Å². The predicted molar refractivity (Wildman–Crippen MR) is 86.0 cm³/mol. The largest absolute Gasteiger partial charge is 0.396 e. The third-order valence-corrected chi connectivity index (χ3v) is 4.72. The van der Waals surface area contributed by atoms with Crippen molar-refractivity contribution in [2.75, 3.05) is 29.4 Å². The molecule has 0 heterocycles. The maximum Gasteiger partial charge on any atom is 0.229 e. The summed E-state index contributed by atoms with van der Waals surface area (Å²) in [5, 5.41) is 13.0. The van der Waals surface area contributed by atoms with Gasteiger partial charge in [0.1, 0.15) is 0 Å². The van der Waals surface area contributed by atoms with Crippen LogP contribution in [-0.4, -0.2) is 32.9 Å². The van der Waals surface area contributed by atoms with Crippen LogP contribution in [-0.2, 0) is 10.0 Å². The molecule has 1 aliphatic carbocycles. The smallest absolute Gasteiger partial charge is 0.229 e. The third kappa shape index (κ3) is 4.61. The van der Waals surface area contributed by atoms with E-state index in [1.54, 1.807) is 12.1 Å². The topological polar surface area (TPSA) is 78.4 Å². The highest BCUT2D eigenvalue weighted by Crippen LogP contribution is 2.36. The summed E-state index contributed by atoms with van der Waals surface area (Å²) in [4.78, 5) is 0. The maximum absolute atomic E-state index is 11.4. The molecule has 6 heteroatoms. The number of rotatable bonds is 6. The van der Waals surface area contributed by atoms with Crippen LogP contribution >= 0.6 is 0 Å². The first kappa shape index (κ1) is 16.1. The van der Waals surface area contributed by atoms with Crippen molar-refractivity contribution in [3.63, 3.8) is 0 Å². The molecule has 0 saturated heterocycles. The quantitative estimate of drug-likeness (QED) is 0.754. The second-order valence-electron chi connectivity index (χ2n) is 5.99. The molecule has 1 saturated carbocycles. The molecule has 1 aromatic carbocycles. The summed E-state index contributed by atoms with van der Waals surface area (Å²) in [7, 11) is -3.30. The average molecular weight is 312 g/mol. The van der Waals surface area contributed by atoms with Crippen LogP contribution in [0.5, 0.6) is 0 Å². The van der Waals surface area contributed by atoms with Gasteiger partial charge in [0.05, 0.1) is 24.2 Å². The summed E-state index contributed by atoms with van der Waals surface area (Å²) in [6, 6.07) is 7.24. The van der Waals surface area contributed by atoms with Crippen LogP contribution in [0.3, 0.4) is 0 Å². The number of benzene rings is 1. The van der Waals surface area contributed by atoms with Crippen molar-refractivity contribution in [2.24, 2.45) is 5.41 Å². The summed E-state index contributed by atoms with van der Waals surface area (Å²) in [5.41, 5.74) is 1.21. The summed E-state index contributed by atoms with van der Waals surface area (Å²) < 4.78 is 25.3. The van der Waals surface area contributed by atoms with Gasteiger partial charge >= 0.3 is 0 Å². The van der Waals surface area contributed by atoms with Crippen molar-refractivity contribution >= 4 is 21.4 Å². The lowest BCUT2D eigenvalue weighted by Crippen LogP contribution is -2.35. The van der Waals surface area contributed by atoms with Crippen LogP contribution in [0.15, 0.2) is 24.3 Å². The molecule has 1 aromatic rings. The zero-order valence-electron chi connectivity index (χ0n) is 12.4. The van der Waals surface area contributed by atoms with Crippen LogP contribution < -0.4 is 10.0 Å². The Morgan fingerprint density at radius 3 is 2.33 bits per heavy atom. The minimum absolute atomic E-state index is 0.0869. The minimum atomic E-state index is -3.30. The maximum atomic E-state index is 11.4. The van der Waals surface area contributed by atoms with E-state index in [2.05, 4.69) is 10.0 Å². The molecule has 1 aliphatic rings. The van der Waals surface area contributed by atoms with Gasteiger partial charge in [-0.15, -0.1) is 0 Å². The minimum Gasteiger partial charge on any atom is -0.396 e. The molecule has 2 rings (SSSR count). The van der Waals surface area contributed by atoms with E-state index < -0.39 is 10.0 Å². The predicted octanol–water partition coefficient (Wildman–Crippen LogP) is 2.41. The summed E-state index contributed by atoms with van der Waals surface area (Å²) in [6.45, 7) is 0.827.